The fraction of sp³-hybridized carbons (Fsp3) is 0.100. The van der Waals surface area contributed by atoms with Gasteiger partial charge in [-0.2, -0.15) is 0 Å². The molecule has 5 nitrogen and oxygen atoms in total. The maximum atomic E-state index is 4.45. The van der Waals surface area contributed by atoms with Gasteiger partial charge in [0, 0.05) is 36.1 Å². The Labute approximate surface area is 156 Å². The SMILES string of the molecule is Cc1ccccc1-n1c(SCc2cccnc2)nnc1-c1cccnc1. The van der Waals surface area contributed by atoms with Crippen LogP contribution < -0.4 is 0 Å². The summed E-state index contributed by atoms with van der Waals surface area (Å²) in [6.07, 6.45) is 7.23. The van der Waals surface area contributed by atoms with E-state index in [1.165, 1.54) is 5.56 Å². The van der Waals surface area contributed by atoms with E-state index in [1.807, 2.05) is 42.7 Å². The Morgan fingerprint density at radius 1 is 0.885 bits per heavy atom. The number of rotatable bonds is 5. The molecular weight excluding hydrogens is 342 g/mol. The highest BCUT2D eigenvalue weighted by atomic mass is 32.2. The number of nitrogens with zero attached hydrogens (tertiary/aromatic N) is 5. The molecule has 128 valence electrons. The third kappa shape index (κ3) is 3.36. The second kappa shape index (κ2) is 7.49. The van der Waals surface area contributed by atoms with Gasteiger partial charge in [0.05, 0.1) is 5.69 Å². The highest BCUT2D eigenvalue weighted by Gasteiger charge is 2.17. The van der Waals surface area contributed by atoms with E-state index in [4.69, 9.17) is 0 Å². The number of para-hydroxylation sites is 1. The zero-order chi connectivity index (χ0) is 17.8. The first-order valence-electron chi connectivity index (χ1n) is 8.26. The van der Waals surface area contributed by atoms with Crippen molar-refractivity contribution >= 4 is 11.8 Å². The van der Waals surface area contributed by atoms with Crippen LogP contribution in [-0.4, -0.2) is 24.7 Å². The lowest BCUT2D eigenvalue weighted by molar-refractivity contribution is 0.880. The summed E-state index contributed by atoms with van der Waals surface area (Å²) >= 11 is 1.65. The van der Waals surface area contributed by atoms with Crippen molar-refractivity contribution in [1.29, 1.82) is 0 Å². The van der Waals surface area contributed by atoms with Crippen molar-refractivity contribution < 1.29 is 0 Å². The van der Waals surface area contributed by atoms with Crippen LogP contribution in [0.3, 0.4) is 0 Å². The third-order valence-corrected chi connectivity index (χ3v) is 5.00. The standard InChI is InChI=1S/C20H17N5S/c1-15-6-2-3-9-18(15)25-19(17-8-5-11-22-13-17)23-24-20(25)26-14-16-7-4-10-21-12-16/h2-13H,14H2,1H3. The van der Waals surface area contributed by atoms with Gasteiger partial charge in [0.1, 0.15) is 0 Å². The summed E-state index contributed by atoms with van der Waals surface area (Å²) in [5.74, 6) is 1.58. The number of aromatic nitrogens is 5. The molecule has 0 bridgehead atoms. The average molecular weight is 359 g/mol. The number of benzene rings is 1. The van der Waals surface area contributed by atoms with E-state index in [0.717, 1.165) is 33.5 Å². The average Bonchev–Trinajstić information content (AvgIpc) is 3.12. The lowest BCUT2D eigenvalue weighted by atomic mass is 10.2. The molecule has 4 aromatic rings. The van der Waals surface area contributed by atoms with Gasteiger partial charge in [-0.3, -0.25) is 14.5 Å². The van der Waals surface area contributed by atoms with Crippen molar-refractivity contribution in [2.24, 2.45) is 0 Å². The minimum Gasteiger partial charge on any atom is -0.270 e. The largest absolute Gasteiger partial charge is 0.270 e. The molecule has 1 aromatic carbocycles. The molecule has 3 aromatic heterocycles. The van der Waals surface area contributed by atoms with Crippen molar-refractivity contribution in [3.8, 4) is 17.1 Å². The van der Waals surface area contributed by atoms with Crippen molar-refractivity contribution in [2.75, 3.05) is 0 Å². The molecule has 0 atom stereocenters. The predicted molar refractivity (Wildman–Crippen MR) is 103 cm³/mol. The lowest BCUT2D eigenvalue weighted by Gasteiger charge is -2.12. The molecule has 0 fully saturated rings. The lowest BCUT2D eigenvalue weighted by Crippen LogP contribution is -2.02. The Morgan fingerprint density at radius 2 is 1.69 bits per heavy atom. The van der Waals surface area contributed by atoms with Crippen LogP contribution in [0.25, 0.3) is 17.1 Å². The van der Waals surface area contributed by atoms with Crippen molar-refractivity contribution in [1.82, 2.24) is 24.7 Å². The van der Waals surface area contributed by atoms with Gasteiger partial charge in [-0.15, -0.1) is 10.2 Å². The van der Waals surface area contributed by atoms with Crippen LogP contribution in [-0.2, 0) is 5.75 Å². The Hall–Kier alpha value is -2.99. The summed E-state index contributed by atoms with van der Waals surface area (Å²) in [5.41, 5.74) is 4.34. The third-order valence-electron chi connectivity index (χ3n) is 4.00. The van der Waals surface area contributed by atoms with E-state index in [2.05, 4.69) is 49.9 Å². The summed E-state index contributed by atoms with van der Waals surface area (Å²) in [6, 6.07) is 16.2. The zero-order valence-electron chi connectivity index (χ0n) is 14.3. The Morgan fingerprint density at radius 3 is 2.42 bits per heavy atom. The predicted octanol–water partition coefficient (Wildman–Crippen LogP) is 4.33. The Balaban J connectivity index is 1.77. The molecule has 26 heavy (non-hydrogen) atoms. The van der Waals surface area contributed by atoms with Gasteiger partial charge in [0.2, 0.25) is 0 Å². The second-order valence-corrected chi connectivity index (χ2v) is 6.76. The topological polar surface area (TPSA) is 56.5 Å². The van der Waals surface area contributed by atoms with Crippen LogP contribution in [0.4, 0.5) is 0 Å². The van der Waals surface area contributed by atoms with E-state index < -0.39 is 0 Å². The van der Waals surface area contributed by atoms with Crippen molar-refractivity contribution in [3.05, 3.63) is 84.4 Å². The molecule has 0 radical (unpaired) electrons. The van der Waals surface area contributed by atoms with Gasteiger partial charge in [0.15, 0.2) is 11.0 Å². The van der Waals surface area contributed by atoms with Crippen LogP contribution in [0.15, 0.2) is 78.5 Å². The smallest absolute Gasteiger partial charge is 0.196 e. The molecule has 0 saturated carbocycles. The molecule has 0 aliphatic rings. The maximum Gasteiger partial charge on any atom is 0.196 e. The van der Waals surface area contributed by atoms with Crippen molar-refractivity contribution in [2.45, 2.75) is 17.8 Å². The van der Waals surface area contributed by atoms with E-state index in [9.17, 15) is 0 Å². The molecule has 0 aliphatic heterocycles. The monoisotopic (exact) mass is 359 g/mol. The first-order valence-corrected chi connectivity index (χ1v) is 9.25. The summed E-state index contributed by atoms with van der Waals surface area (Å²) in [7, 11) is 0. The zero-order valence-corrected chi connectivity index (χ0v) is 15.1. The Kier molecular flexibility index (Phi) is 4.75. The summed E-state index contributed by atoms with van der Waals surface area (Å²) < 4.78 is 2.10. The molecular formula is C20H17N5S. The summed E-state index contributed by atoms with van der Waals surface area (Å²) in [5, 5.41) is 9.75. The number of thioether (sulfide) groups is 1. The van der Waals surface area contributed by atoms with Gasteiger partial charge >= 0.3 is 0 Å². The molecule has 3 heterocycles. The van der Waals surface area contributed by atoms with E-state index in [1.54, 1.807) is 24.2 Å². The highest BCUT2D eigenvalue weighted by molar-refractivity contribution is 7.98. The molecule has 4 rings (SSSR count). The normalized spacial score (nSPS) is 10.8. The van der Waals surface area contributed by atoms with Crippen LogP contribution in [0, 0.1) is 6.92 Å². The molecule has 0 aliphatic carbocycles. The summed E-state index contributed by atoms with van der Waals surface area (Å²) in [6.45, 7) is 2.10. The van der Waals surface area contributed by atoms with Crippen LogP contribution >= 0.6 is 11.8 Å². The van der Waals surface area contributed by atoms with Gasteiger partial charge in [0.25, 0.3) is 0 Å². The van der Waals surface area contributed by atoms with Gasteiger partial charge in [-0.1, -0.05) is 36.0 Å². The molecule has 0 spiro atoms. The van der Waals surface area contributed by atoms with Gasteiger partial charge in [-0.25, -0.2) is 0 Å². The van der Waals surface area contributed by atoms with Crippen LogP contribution in [0.2, 0.25) is 0 Å². The maximum absolute atomic E-state index is 4.45. The molecule has 0 unspecified atom stereocenters. The Bertz CT molecular complexity index is 999. The molecule has 0 saturated heterocycles. The first kappa shape index (κ1) is 16.5. The fourth-order valence-electron chi connectivity index (χ4n) is 2.71. The highest BCUT2D eigenvalue weighted by Crippen LogP contribution is 2.30. The first-order chi connectivity index (χ1) is 12.8. The number of aryl methyl sites for hydroxylation is 1. The second-order valence-electron chi connectivity index (χ2n) is 5.82. The van der Waals surface area contributed by atoms with Gasteiger partial charge < -0.3 is 0 Å². The van der Waals surface area contributed by atoms with Crippen LogP contribution in [0.5, 0.6) is 0 Å². The van der Waals surface area contributed by atoms with E-state index in [0.29, 0.717) is 0 Å². The molecule has 6 heteroatoms. The quantitative estimate of drug-likeness (QED) is 0.497. The minimum absolute atomic E-state index is 0.783. The number of hydrogen-bond donors (Lipinski definition) is 0. The van der Waals surface area contributed by atoms with Crippen LogP contribution in [0.1, 0.15) is 11.1 Å². The fourth-order valence-corrected chi connectivity index (χ4v) is 3.59. The minimum atomic E-state index is 0.783. The number of pyridine rings is 2. The molecule has 0 amide bonds. The van der Waals surface area contributed by atoms with E-state index >= 15 is 0 Å². The van der Waals surface area contributed by atoms with Gasteiger partial charge in [-0.05, 0) is 42.3 Å². The number of hydrogen-bond acceptors (Lipinski definition) is 5. The summed E-state index contributed by atoms with van der Waals surface area (Å²) in [4.78, 5) is 8.40. The molecule has 0 N–H and O–H groups in total. The van der Waals surface area contributed by atoms with Crippen molar-refractivity contribution in [3.63, 3.8) is 0 Å². The van der Waals surface area contributed by atoms with E-state index in [-0.39, 0.29) is 0 Å².